The molecule has 1 N–H and O–H groups in total. The van der Waals surface area contributed by atoms with Crippen molar-refractivity contribution in [3.05, 3.63) is 58.6 Å². The number of hydrogen-bond donors (Lipinski definition) is 1. The molecule has 0 spiro atoms. The van der Waals surface area contributed by atoms with Gasteiger partial charge in [0, 0.05) is 22.8 Å². The van der Waals surface area contributed by atoms with Gasteiger partial charge in [0.15, 0.2) is 0 Å². The summed E-state index contributed by atoms with van der Waals surface area (Å²) >= 11 is 1.70. The van der Waals surface area contributed by atoms with Crippen molar-refractivity contribution in [2.75, 3.05) is 0 Å². The average molecular weight is 315 g/mol. The molecule has 4 heteroatoms. The van der Waals surface area contributed by atoms with Crippen LogP contribution in [0, 0.1) is 5.41 Å². The van der Waals surface area contributed by atoms with Crippen molar-refractivity contribution in [1.29, 1.82) is 0 Å². The lowest BCUT2D eigenvalue weighted by Gasteiger charge is -2.18. The molecule has 2 aromatic heterocycles. The number of carboxylic acids is 1. The summed E-state index contributed by atoms with van der Waals surface area (Å²) < 4.78 is 0. The summed E-state index contributed by atoms with van der Waals surface area (Å²) in [6.45, 7) is 3.56. The molecular weight excluding hydrogens is 294 g/mol. The maximum absolute atomic E-state index is 11.1. The van der Waals surface area contributed by atoms with Gasteiger partial charge in [0.05, 0.1) is 5.41 Å². The van der Waals surface area contributed by atoms with E-state index in [0.29, 0.717) is 6.42 Å². The van der Waals surface area contributed by atoms with Crippen LogP contribution in [-0.2, 0) is 4.79 Å². The Morgan fingerprint density at radius 2 is 2.18 bits per heavy atom. The summed E-state index contributed by atoms with van der Waals surface area (Å²) in [6.07, 6.45) is 8.22. The van der Waals surface area contributed by atoms with Crippen LogP contribution in [0.15, 0.2) is 48.1 Å². The molecule has 2 aromatic rings. The van der Waals surface area contributed by atoms with Crippen molar-refractivity contribution in [3.63, 3.8) is 0 Å². The smallest absolute Gasteiger partial charge is 0.309 e. The zero-order valence-electron chi connectivity index (χ0n) is 13.0. The molecule has 22 heavy (non-hydrogen) atoms. The topological polar surface area (TPSA) is 50.2 Å². The number of rotatable bonds is 7. The molecule has 0 aliphatic carbocycles. The molecule has 0 fully saturated rings. The molecule has 0 atom stereocenters. The SMILES string of the molecule is CC(C)(CCCC=C(c1cccnc1)c1cccs1)C(=O)O. The molecule has 0 saturated carbocycles. The maximum Gasteiger partial charge on any atom is 0.309 e. The van der Waals surface area contributed by atoms with Gasteiger partial charge in [-0.15, -0.1) is 11.3 Å². The van der Waals surface area contributed by atoms with Gasteiger partial charge in [-0.25, -0.2) is 0 Å². The number of hydrogen-bond acceptors (Lipinski definition) is 3. The minimum absolute atomic E-state index is 0.661. The molecule has 2 rings (SSSR count). The van der Waals surface area contributed by atoms with Crippen molar-refractivity contribution < 1.29 is 9.90 Å². The van der Waals surface area contributed by atoms with Crippen molar-refractivity contribution in [1.82, 2.24) is 4.98 Å². The molecule has 0 amide bonds. The predicted molar refractivity (Wildman–Crippen MR) is 90.9 cm³/mol. The number of aliphatic carboxylic acids is 1. The van der Waals surface area contributed by atoms with E-state index in [1.807, 2.05) is 18.3 Å². The third-order valence-corrected chi connectivity index (χ3v) is 4.60. The van der Waals surface area contributed by atoms with E-state index < -0.39 is 11.4 Å². The maximum atomic E-state index is 11.1. The van der Waals surface area contributed by atoms with Crippen molar-refractivity contribution in [2.45, 2.75) is 33.1 Å². The van der Waals surface area contributed by atoms with E-state index in [9.17, 15) is 4.79 Å². The quantitative estimate of drug-likeness (QED) is 0.743. The minimum atomic E-state index is -0.734. The van der Waals surface area contributed by atoms with Crippen molar-refractivity contribution in [2.24, 2.45) is 5.41 Å². The third kappa shape index (κ3) is 4.28. The van der Waals surface area contributed by atoms with Gasteiger partial charge in [-0.05, 0) is 56.2 Å². The fraction of sp³-hybridized carbons (Fsp3) is 0.333. The number of aromatic nitrogens is 1. The normalized spacial score (nSPS) is 12.4. The highest BCUT2D eigenvalue weighted by atomic mass is 32.1. The Labute approximate surface area is 135 Å². The van der Waals surface area contributed by atoms with Crippen LogP contribution in [0.5, 0.6) is 0 Å². The van der Waals surface area contributed by atoms with Crippen molar-refractivity contribution >= 4 is 22.9 Å². The van der Waals surface area contributed by atoms with Gasteiger partial charge in [0.25, 0.3) is 0 Å². The van der Waals surface area contributed by atoms with E-state index in [4.69, 9.17) is 5.11 Å². The summed E-state index contributed by atoms with van der Waals surface area (Å²) in [7, 11) is 0. The zero-order chi connectivity index (χ0) is 16.0. The van der Waals surface area contributed by atoms with Crippen LogP contribution >= 0.6 is 11.3 Å². The highest BCUT2D eigenvalue weighted by Gasteiger charge is 2.25. The molecule has 116 valence electrons. The van der Waals surface area contributed by atoms with Crippen LogP contribution in [-0.4, -0.2) is 16.1 Å². The van der Waals surface area contributed by atoms with Crippen LogP contribution in [0.25, 0.3) is 5.57 Å². The van der Waals surface area contributed by atoms with E-state index in [1.165, 1.54) is 10.5 Å². The Hall–Kier alpha value is -1.94. The lowest BCUT2D eigenvalue weighted by molar-refractivity contribution is -0.147. The number of thiophene rings is 1. The molecule has 0 aliphatic heterocycles. The number of allylic oxidation sites excluding steroid dienone is 1. The fourth-order valence-corrected chi connectivity index (χ4v) is 3.00. The van der Waals surface area contributed by atoms with Crippen LogP contribution in [0.1, 0.15) is 43.6 Å². The van der Waals surface area contributed by atoms with Gasteiger partial charge >= 0.3 is 5.97 Å². The molecule has 0 saturated heterocycles. The van der Waals surface area contributed by atoms with Crippen LogP contribution in [0.2, 0.25) is 0 Å². The Morgan fingerprint density at radius 1 is 1.36 bits per heavy atom. The fourth-order valence-electron chi connectivity index (χ4n) is 2.21. The molecule has 0 aromatic carbocycles. The average Bonchev–Trinajstić information content (AvgIpc) is 3.02. The largest absolute Gasteiger partial charge is 0.481 e. The third-order valence-electron chi connectivity index (χ3n) is 3.69. The molecule has 3 nitrogen and oxygen atoms in total. The van der Waals surface area contributed by atoms with Crippen LogP contribution < -0.4 is 0 Å². The van der Waals surface area contributed by atoms with Gasteiger partial charge < -0.3 is 5.11 Å². The van der Waals surface area contributed by atoms with E-state index in [0.717, 1.165) is 18.4 Å². The Kier molecular flexibility index (Phi) is 5.50. The number of carbonyl (C=O) groups is 1. The van der Waals surface area contributed by atoms with Crippen molar-refractivity contribution in [3.8, 4) is 0 Å². The van der Waals surface area contributed by atoms with Gasteiger partial charge in [-0.1, -0.05) is 18.2 Å². The standard InChI is InChI=1S/C18H21NO2S/c1-18(2,17(20)21)10-4-3-8-15(16-9-6-12-22-16)14-7-5-11-19-13-14/h5-9,11-13H,3-4,10H2,1-2H3,(H,20,21). The molecular formula is C18H21NO2S. The minimum Gasteiger partial charge on any atom is -0.481 e. The number of unbranched alkanes of at least 4 members (excludes halogenated alkanes) is 1. The van der Waals surface area contributed by atoms with E-state index in [1.54, 1.807) is 31.4 Å². The number of pyridine rings is 1. The highest BCUT2D eigenvalue weighted by molar-refractivity contribution is 7.11. The lowest BCUT2D eigenvalue weighted by atomic mass is 9.87. The van der Waals surface area contributed by atoms with E-state index in [2.05, 4.69) is 28.6 Å². The summed E-state index contributed by atoms with van der Waals surface area (Å²) in [5.74, 6) is -0.734. The second-order valence-electron chi connectivity index (χ2n) is 5.92. The zero-order valence-corrected chi connectivity index (χ0v) is 13.8. The molecule has 2 heterocycles. The van der Waals surface area contributed by atoms with Crippen LogP contribution in [0.3, 0.4) is 0 Å². The predicted octanol–water partition coefficient (Wildman–Crippen LogP) is 4.86. The number of carboxylic acid groups (broad SMARTS) is 1. The Morgan fingerprint density at radius 3 is 2.77 bits per heavy atom. The first-order chi connectivity index (χ1) is 10.5. The van der Waals surface area contributed by atoms with E-state index >= 15 is 0 Å². The summed E-state index contributed by atoms with van der Waals surface area (Å²) in [6, 6.07) is 8.13. The molecule has 0 radical (unpaired) electrons. The summed E-state index contributed by atoms with van der Waals surface area (Å²) in [5.41, 5.74) is 1.62. The summed E-state index contributed by atoms with van der Waals surface area (Å²) in [4.78, 5) is 16.5. The molecule has 0 aliphatic rings. The Balaban J connectivity index is 2.09. The van der Waals surface area contributed by atoms with Gasteiger partial charge in [0.1, 0.15) is 0 Å². The number of nitrogens with zero attached hydrogens (tertiary/aromatic N) is 1. The highest BCUT2D eigenvalue weighted by Crippen LogP contribution is 2.29. The summed E-state index contributed by atoms with van der Waals surface area (Å²) in [5, 5.41) is 11.2. The Bertz CT molecular complexity index is 630. The van der Waals surface area contributed by atoms with Gasteiger partial charge in [-0.2, -0.15) is 0 Å². The first kappa shape index (κ1) is 16.4. The van der Waals surface area contributed by atoms with Gasteiger partial charge in [0.2, 0.25) is 0 Å². The van der Waals surface area contributed by atoms with E-state index in [-0.39, 0.29) is 0 Å². The molecule has 0 unspecified atom stereocenters. The first-order valence-electron chi connectivity index (χ1n) is 7.38. The van der Waals surface area contributed by atoms with Crippen LogP contribution in [0.4, 0.5) is 0 Å². The second kappa shape index (κ2) is 7.36. The second-order valence-corrected chi connectivity index (χ2v) is 6.87. The monoisotopic (exact) mass is 315 g/mol. The molecule has 0 bridgehead atoms. The first-order valence-corrected chi connectivity index (χ1v) is 8.26. The lowest BCUT2D eigenvalue weighted by Crippen LogP contribution is -2.23. The van der Waals surface area contributed by atoms with Gasteiger partial charge in [-0.3, -0.25) is 9.78 Å².